The number of rotatable bonds is 8. The Balaban J connectivity index is 2.07. The van der Waals surface area contributed by atoms with Crippen molar-refractivity contribution in [2.24, 2.45) is 0 Å². The Morgan fingerprint density at radius 3 is 2.61 bits per heavy atom. The van der Waals surface area contributed by atoms with Crippen LogP contribution in [-0.2, 0) is 4.79 Å². The minimum atomic E-state index is -0.305. The highest BCUT2D eigenvalue weighted by molar-refractivity contribution is 6.03. The number of nitrogens with one attached hydrogen (secondary N) is 1. The third kappa shape index (κ3) is 5.74. The van der Waals surface area contributed by atoms with E-state index in [9.17, 15) is 9.59 Å². The molecule has 0 aromatic heterocycles. The molecule has 0 aliphatic heterocycles. The van der Waals surface area contributed by atoms with E-state index in [0.717, 1.165) is 5.56 Å². The van der Waals surface area contributed by atoms with Crippen LogP contribution in [0.1, 0.15) is 15.9 Å². The van der Waals surface area contributed by atoms with Crippen LogP contribution in [0.15, 0.2) is 61.2 Å². The van der Waals surface area contributed by atoms with E-state index in [1.54, 1.807) is 69.8 Å². The van der Waals surface area contributed by atoms with Gasteiger partial charge in [-0.1, -0.05) is 24.8 Å². The van der Waals surface area contributed by atoms with Crippen LogP contribution in [0.3, 0.4) is 0 Å². The van der Waals surface area contributed by atoms with E-state index in [-0.39, 0.29) is 11.8 Å². The van der Waals surface area contributed by atoms with E-state index in [2.05, 4.69) is 11.9 Å². The third-order valence-corrected chi connectivity index (χ3v) is 3.75. The Labute approximate surface area is 165 Å². The number of benzene rings is 2. The van der Waals surface area contributed by atoms with Gasteiger partial charge in [-0.25, -0.2) is 0 Å². The Kier molecular flexibility index (Phi) is 7.39. The molecular weight excluding hydrogens is 356 g/mol. The molecule has 0 fully saturated rings. The molecule has 0 radical (unpaired) electrons. The first-order chi connectivity index (χ1) is 13.4. The molecule has 28 heavy (non-hydrogen) atoms. The fourth-order valence-corrected chi connectivity index (χ4v) is 2.40. The minimum Gasteiger partial charge on any atom is -0.493 e. The van der Waals surface area contributed by atoms with E-state index in [0.29, 0.717) is 29.4 Å². The van der Waals surface area contributed by atoms with Crippen molar-refractivity contribution in [3.05, 3.63) is 72.3 Å². The van der Waals surface area contributed by atoms with Crippen molar-refractivity contribution in [3.63, 3.8) is 0 Å². The molecule has 2 aromatic carbocycles. The first-order valence-electron chi connectivity index (χ1n) is 8.67. The summed E-state index contributed by atoms with van der Waals surface area (Å²) in [7, 11) is 4.91. The maximum Gasteiger partial charge on any atom is 0.253 e. The number of carbonyl (C=O) groups excluding carboxylic acids is 2. The molecule has 1 N–H and O–H groups in total. The van der Waals surface area contributed by atoms with E-state index < -0.39 is 0 Å². The maximum absolute atomic E-state index is 12.2. The van der Waals surface area contributed by atoms with E-state index in [1.165, 1.54) is 11.0 Å². The first kappa shape index (κ1) is 20.8. The van der Waals surface area contributed by atoms with Crippen molar-refractivity contribution in [1.82, 2.24) is 4.90 Å². The highest BCUT2D eigenvalue weighted by Gasteiger charge is 2.09. The first-order valence-corrected chi connectivity index (χ1v) is 8.67. The molecule has 0 unspecified atom stereocenters. The summed E-state index contributed by atoms with van der Waals surface area (Å²) in [5.74, 6) is 0.739. The quantitative estimate of drug-likeness (QED) is 0.561. The minimum absolute atomic E-state index is 0.127. The van der Waals surface area contributed by atoms with Crippen LogP contribution in [0.2, 0.25) is 0 Å². The normalized spacial score (nSPS) is 10.4. The molecule has 6 heteroatoms. The Hall–Kier alpha value is -3.54. The van der Waals surface area contributed by atoms with Crippen LogP contribution >= 0.6 is 0 Å². The second-order valence-electron chi connectivity index (χ2n) is 6.11. The SMILES string of the molecule is C=CCOc1ccc(/C=C/C(=O)Nc2cccc(C(=O)N(C)C)c2)cc1OC. The second-order valence-corrected chi connectivity index (χ2v) is 6.11. The zero-order chi connectivity index (χ0) is 20.5. The lowest BCUT2D eigenvalue weighted by Gasteiger charge is -2.11. The van der Waals surface area contributed by atoms with Gasteiger partial charge in [-0.3, -0.25) is 9.59 Å². The van der Waals surface area contributed by atoms with Crippen molar-refractivity contribution in [2.75, 3.05) is 33.1 Å². The number of ether oxygens (including phenoxy) is 2. The van der Waals surface area contributed by atoms with Crippen LogP contribution in [0.4, 0.5) is 5.69 Å². The van der Waals surface area contributed by atoms with Crippen molar-refractivity contribution in [2.45, 2.75) is 0 Å². The molecule has 2 rings (SSSR count). The molecule has 0 aliphatic rings. The van der Waals surface area contributed by atoms with E-state index in [1.807, 2.05) is 6.07 Å². The summed E-state index contributed by atoms with van der Waals surface area (Å²) in [5.41, 5.74) is 1.84. The molecule has 6 nitrogen and oxygen atoms in total. The number of hydrogen-bond donors (Lipinski definition) is 1. The zero-order valence-corrected chi connectivity index (χ0v) is 16.3. The van der Waals surface area contributed by atoms with Gasteiger partial charge in [0, 0.05) is 31.4 Å². The third-order valence-electron chi connectivity index (χ3n) is 3.75. The molecule has 2 amide bonds. The van der Waals surface area contributed by atoms with Gasteiger partial charge in [0.25, 0.3) is 5.91 Å². The molecule has 146 valence electrons. The lowest BCUT2D eigenvalue weighted by molar-refractivity contribution is -0.111. The Bertz CT molecular complexity index is 888. The highest BCUT2D eigenvalue weighted by Crippen LogP contribution is 2.28. The summed E-state index contributed by atoms with van der Waals surface area (Å²) in [6, 6.07) is 12.2. The molecular formula is C22H24N2O4. The lowest BCUT2D eigenvalue weighted by atomic mass is 10.1. The maximum atomic E-state index is 12.2. The van der Waals surface area contributed by atoms with Crippen LogP contribution in [-0.4, -0.2) is 44.5 Å². The topological polar surface area (TPSA) is 67.9 Å². The Morgan fingerprint density at radius 1 is 1.14 bits per heavy atom. The van der Waals surface area contributed by atoms with Gasteiger partial charge in [-0.05, 0) is 42.0 Å². The van der Waals surface area contributed by atoms with Gasteiger partial charge in [-0.2, -0.15) is 0 Å². The summed E-state index contributed by atoms with van der Waals surface area (Å²) < 4.78 is 10.8. The summed E-state index contributed by atoms with van der Waals surface area (Å²) in [5, 5.41) is 2.75. The molecule has 0 atom stereocenters. The largest absolute Gasteiger partial charge is 0.493 e. The predicted octanol–water partition coefficient (Wildman–Crippen LogP) is 3.61. The fraction of sp³-hybridized carbons (Fsp3) is 0.182. The monoisotopic (exact) mass is 380 g/mol. The number of hydrogen-bond acceptors (Lipinski definition) is 4. The second kappa shape index (κ2) is 9.97. The van der Waals surface area contributed by atoms with Crippen LogP contribution in [0.5, 0.6) is 11.5 Å². The van der Waals surface area contributed by atoms with Gasteiger partial charge >= 0.3 is 0 Å². The van der Waals surface area contributed by atoms with Crippen molar-refractivity contribution < 1.29 is 19.1 Å². The van der Waals surface area contributed by atoms with Gasteiger partial charge in [0.15, 0.2) is 11.5 Å². The molecule has 0 bridgehead atoms. The summed E-state index contributed by atoms with van der Waals surface area (Å²) in [6.45, 7) is 3.99. The van der Waals surface area contributed by atoms with Gasteiger partial charge < -0.3 is 19.7 Å². The van der Waals surface area contributed by atoms with Crippen LogP contribution in [0.25, 0.3) is 6.08 Å². The molecule has 0 heterocycles. The van der Waals surface area contributed by atoms with Gasteiger partial charge in [-0.15, -0.1) is 0 Å². The predicted molar refractivity (Wildman–Crippen MR) is 111 cm³/mol. The number of amides is 2. The molecule has 0 saturated heterocycles. The van der Waals surface area contributed by atoms with Gasteiger partial charge in [0.2, 0.25) is 5.91 Å². The van der Waals surface area contributed by atoms with Crippen LogP contribution < -0.4 is 14.8 Å². The molecule has 0 aliphatic carbocycles. The molecule has 2 aromatic rings. The lowest BCUT2D eigenvalue weighted by Crippen LogP contribution is -2.21. The van der Waals surface area contributed by atoms with Crippen molar-refractivity contribution in [3.8, 4) is 11.5 Å². The van der Waals surface area contributed by atoms with Crippen LogP contribution in [0, 0.1) is 0 Å². The molecule has 0 saturated carbocycles. The van der Waals surface area contributed by atoms with Crippen molar-refractivity contribution in [1.29, 1.82) is 0 Å². The number of methoxy groups -OCH3 is 1. The zero-order valence-electron chi connectivity index (χ0n) is 16.3. The van der Waals surface area contributed by atoms with E-state index in [4.69, 9.17) is 9.47 Å². The van der Waals surface area contributed by atoms with Crippen molar-refractivity contribution >= 4 is 23.6 Å². The Morgan fingerprint density at radius 2 is 1.93 bits per heavy atom. The van der Waals surface area contributed by atoms with E-state index >= 15 is 0 Å². The number of anilines is 1. The van der Waals surface area contributed by atoms with Gasteiger partial charge in [0.1, 0.15) is 6.61 Å². The summed E-state index contributed by atoms with van der Waals surface area (Å²) >= 11 is 0. The molecule has 0 spiro atoms. The number of carbonyl (C=O) groups is 2. The fourth-order valence-electron chi connectivity index (χ4n) is 2.40. The smallest absolute Gasteiger partial charge is 0.253 e. The van der Waals surface area contributed by atoms with Gasteiger partial charge in [0.05, 0.1) is 7.11 Å². The summed E-state index contributed by atoms with van der Waals surface area (Å²) in [4.78, 5) is 25.7. The number of nitrogens with zero attached hydrogens (tertiary/aromatic N) is 1. The highest BCUT2D eigenvalue weighted by atomic mass is 16.5. The standard InChI is InChI=1S/C22H24N2O4/c1-5-13-28-19-11-9-16(14-20(19)27-4)10-12-21(25)23-18-8-6-7-17(15-18)22(26)24(2)3/h5-12,14-15H,1,13H2,2-4H3,(H,23,25)/b12-10+. The average Bonchev–Trinajstić information content (AvgIpc) is 2.70. The average molecular weight is 380 g/mol. The summed E-state index contributed by atoms with van der Waals surface area (Å²) in [6.07, 6.45) is 4.74.